The highest BCUT2D eigenvalue weighted by Gasteiger charge is 2.21. The number of amides is 1. The Morgan fingerprint density at radius 2 is 1.74 bits per heavy atom. The Morgan fingerprint density at radius 3 is 2.39 bits per heavy atom. The molecule has 0 saturated carbocycles. The second-order valence-electron chi connectivity index (χ2n) is 5.16. The van der Waals surface area contributed by atoms with Gasteiger partial charge in [0.15, 0.2) is 6.61 Å². The number of aromatic nitrogens is 2. The summed E-state index contributed by atoms with van der Waals surface area (Å²) < 4.78 is 18.2. The molecule has 120 valence electrons. The number of rotatable bonds is 4. The fraction of sp³-hybridized carbons (Fsp3) is 0.312. The van der Waals surface area contributed by atoms with Crippen molar-refractivity contribution in [1.82, 2.24) is 14.9 Å². The molecule has 0 spiro atoms. The van der Waals surface area contributed by atoms with Crippen LogP contribution in [0, 0.1) is 5.82 Å². The van der Waals surface area contributed by atoms with Gasteiger partial charge in [-0.3, -0.25) is 4.79 Å². The van der Waals surface area contributed by atoms with Crippen LogP contribution in [0.5, 0.6) is 6.01 Å². The molecule has 1 aliphatic rings. The predicted octanol–water partition coefficient (Wildman–Crippen LogP) is 1.34. The van der Waals surface area contributed by atoms with Crippen LogP contribution in [0.25, 0.3) is 0 Å². The molecule has 1 amide bonds. The molecule has 0 bridgehead atoms. The quantitative estimate of drug-likeness (QED) is 0.852. The molecule has 1 aromatic carbocycles. The summed E-state index contributed by atoms with van der Waals surface area (Å²) in [6, 6.07) is 8.28. The zero-order valence-electron chi connectivity index (χ0n) is 12.6. The lowest BCUT2D eigenvalue weighted by atomic mass is 10.2. The standard InChI is InChI=1S/C16H17FN4O2/c17-13-2-4-14(5-3-13)20-8-10-21(11-9-20)15(22)12-23-16-18-6-1-7-19-16/h1-7H,8-12H2. The summed E-state index contributed by atoms with van der Waals surface area (Å²) in [7, 11) is 0. The third-order valence-corrected chi connectivity index (χ3v) is 3.69. The van der Waals surface area contributed by atoms with Crippen LogP contribution in [0.4, 0.5) is 10.1 Å². The first-order valence-electron chi connectivity index (χ1n) is 7.40. The van der Waals surface area contributed by atoms with Crippen LogP contribution < -0.4 is 9.64 Å². The number of piperazine rings is 1. The molecule has 0 atom stereocenters. The highest BCUT2D eigenvalue weighted by molar-refractivity contribution is 5.78. The molecule has 23 heavy (non-hydrogen) atoms. The van der Waals surface area contributed by atoms with Crippen LogP contribution in [0.15, 0.2) is 42.7 Å². The van der Waals surface area contributed by atoms with Gasteiger partial charge in [-0.15, -0.1) is 0 Å². The molecule has 6 nitrogen and oxygen atoms in total. The van der Waals surface area contributed by atoms with Crippen molar-refractivity contribution >= 4 is 11.6 Å². The number of carbonyl (C=O) groups excluding carboxylic acids is 1. The van der Waals surface area contributed by atoms with Crippen molar-refractivity contribution in [3.05, 3.63) is 48.5 Å². The van der Waals surface area contributed by atoms with Crippen molar-refractivity contribution in [1.29, 1.82) is 0 Å². The van der Waals surface area contributed by atoms with Crippen molar-refractivity contribution in [2.75, 3.05) is 37.7 Å². The van der Waals surface area contributed by atoms with Gasteiger partial charge < -0.3 is 14.5 Å². The first kappa shape index (κ1) is 15.2. The second-order valence-corrected chi connectivity index (χ2v) is 5.16. The fourth-order valence-electron chi connectivity index (χ4n) is 2.44. The Balaban J connectivity index is 1.48. The maximum atomic E-state index is 13.0. The van der Waals surface area contributed by atoms with Gasteiger partial charge in [-0.2, -0.15) is 0 Å². The number of anilines is 1. The minimum absolute atomic E-state index is 0.0689. The van der Waals surface area contributed by atoms with Gasteiger partial charge in [-0.05, 0) is 30.3 Å². The van der Waals surface area contributed by atoms with Gasteiger partial charge in [0.1, 0.15) is 5.82 Å². The largest absolute Gasteiger partial charge is 0.453 e. The average molecular weight is 316 g/mol. The Morgan fingerprint density at radius 1 is 1.09 bits per heavy atom. The Bertz CT molecular complexity index is 643. The van der Waals surface area contributed by atoms with Crippen molar-refractivity contribution in [3.8, 4) is 6.01 Å². The van der Waals surface area contributed by atoms with E-state index in [9.17, 15) is 9.18 Å². The summed E-state index contributed by atoms with van der Waals surface area (Å²) in [5.74, 6) is -0.334. The normalized spacial score (nSPS) is 14.7. The molecular formula is C16H17FN4O2. The summed E-state index contributed by atoms with van der Waals surface area (Å²) in [6.45, 7) is 2.56. The number of carbonyl (C=O) groups is 1. The molecule has 1 saturated heterocycles. The van der Waals surface area contributed by atoms with E-state index < -0.39 is 0 Å². The first-order chi connectivity index (χ1) is 11.2. The van der Waals surface area contributed by atoms with Crippen LogP contribution >= 0.6 is 0 Å². The lowest BCUT2D eigenvalue weighted by molar-refractivity contribution is -0.133. The highest BCUT2D eigenvalue weighted by atomic mass is 19.1. The maximum absolute atomic E-state index is 13.0. The Labute approximate surface area is 133 Å². The molecule has 2 heterocycles. The summed E-state index contributed by atoms with van der Waals surface area (Å²) in [5, 5.41) is 0. The van der Waals surface area contributed by atoms with E-state index >= 15 is 0 Å². The van der Waals surface area contributed by atoms with Gasteiger partial charge in [-0.25, -0.2) is 14.4 Å². The minimum Gasteiger partial charge on any atom is -0.453 e. The van der Waals surface area contributed by atoms with Crippen LogP contribution in [0.3, 0.4) is 0 Å². The van der Waals surface area contributed by atoms with E-state index in [1.807, 2.05) is 0 Å². The van der Waals surface area contributed by atoms with Crippen molar-refractivity contribution in [2.45, 2.75) is 0 Å². The van der Waals surface area contributed by atoms with Gasteiger partial charge in [0.2, 0.25) is 0 Å². The molecule has 1 aromatic heterocycles. The monoisotopic (exact) mass is 316 g/mol. The highest BCUT2D eigenvalue weighted by Crippen LogP contribution is 2.17. The van der Waals surface area contributed by atoms with E-state index in [0.717, 1.165) is 5.69 Å². The molecule has 7 heteroatoms. The van der Waals surface area contributed by atoms with Gasteiger partial charge in [0.05, 0.1) is 0 Å². The summed E-state index contributed by atoms with van der Waals surface area (Å²) in [6.07, 6.45) is 3.13. The molecule has 0 radical (unpaired) electrons. The van der Waals surface area contributed by atoms with Crippen LogP contribution in [-0.4, -0.2) is 53.6 Å². The molecule has 1 fully saturated rings. The van der Waals surface area contributed by atoms with Gasteiger partial charge >= 0.3 is 6.01 Å². The first-order valence-corrected chi connectivity index (χ1v) is 7.40. The summed E-state index contributed by atoms with van der Waals surface area (Å²) in [4.78, 5) is 23.8. The van der Waals surface area contributed by atoms with Gasteiger partial charge in [0.25, 0.3) is 5.91 Å². The molecule has 1 aliphatic heterocycles. The van der Waals surface area contributed by atoms with Crippen LogP contribution in [0.1, 0.15) is 0 Å². The third-order valence-electron chi connectivity index (χ3n) is 3.69. The topological polar surface area (TPSA) is 58.6 Å². The fourth-order valence-corrected chi connectivity index (χ4v) is 2.44. The summed E-state index contributed by atoms with van der Waals surface area (Å²) in [5.41, 5.74) is 0.965. The van der Waals surface area contributed by atoms with Crippen LogP contribution in [-0.2, 0) is 4.79 Å². The minimum atomic E-state index is -0.247. The van der Waals surface area contributed by atoms with Crippen molar-refractivity contribution in [3.63, 3.8) is 0 Å². The van der Waals surface area contributed by atoms with E-state index in [1.165, 1.54) is 12.1 Å². The van der Waals surface area contributed by atoms with E-state index in [1.54, 1.807) is 35.5 Å². The molecule has 3 rings (SSSR count). The van der Waals surface area contributed by atoms with Crippen molar-refractivity contribution < 1.29 is 13.9 Å². The maximum Gasteiger partial charge on any atom is 0.316 e. The molecular weight excluding hydrogens is 299 g/mol. The lowest BCUT2D eigenvalue weighted by Gasteiger charge is -2.36. The molecule has 2 aromatic rings. The van der Waals surface area contributed by atoms with Gasteiger partial charge in [-0.1, -0.05) is 0 Å². The molecule has 0 N–H and O–H groups in total. The van der Waals surface area contributed by atoms with E-state index in [0.29, 0.717) is 26.2 Å². The number of hydrogen-bond donors (Lipinski definition) is 0. The Kier molecular flexibility index (Phi) is 4.65. The van der Waals surface area contributed by atoms with E-state index in [2.05, 4.69) is 14.9 Å². The zero-order chi connectivity index (χ0) is 16.1. The van der Waals surface area contributed by atoms with Gasteiger partial charge in [0, 0.05) is 44.3 Å². The zero-order valence-corrected chi connectivity index (χ0v) is 12.6. The average Bonchev–Trinajstić information content (AvgIpc) is 2.61. The van der Waals surface area contributed by atoms with Crippen LogP contribution in [0.2, 0.25) is 0 Å². The number of hydrogen-bond acceptors (Lipinski definition) is 5. The van der Waals surface area contributed by atoms with E-state index in [4.69, 9.17) is 4.74 Å². The third kappa shape index (κ3) is 3.94. The SMILES string of the molecule is O=C(COc1ncccn1)N1CCN(c2ccc(F)cc2)CC1. The van der Waals surface area contributed by atoms with Crippen molar-refractivity contribution in [2.24, 2.45) is 0 Å². The molecule has 0 aliphatic carbocycles. The lowest BCUT2D eigenvalue weighted by Crippen LogP contribution is -2.50. The molecule has 0 unspecified atom stereocenters. The number of ether oxygens (including phenoxy) is 1. The number of nitrogens with zero attached hydrogens (tertiary/aromatic N) is 4. The summed E-state index contributed by atoms with van der Waals surface area (Å²) >= 11 is 0. The van der Waals surface area contributed by atoms with E-state index in [-0.39, 0.29) is 24.3 Å². The Hall–Kier alpha value is -2.70. The predicted molar refractivity (Wildman–Crippen MR) is 82.7 cm³/mol. The number of halogens is 1. The number of benzene rings is 1. The smallest absolute Gasteiger partial charge is 0.316 e. The second kappa shape index (κ2) is 7.04.